The third-order valence-electron chi connectivity index (χ3n) is 2.27. The molecular formula is C11H11FN2O. The largest absolute Gasteiger partial charge is 0.480 e. The lowest BCUT2D eigenvalue weighted by Crippen LogP contribution is -1.96. The first kappa shape index (κ1) is 9.83. The fourth-order valence-corrected chi connectivity index (χ4v) is 1.45. The molecule has 0 spiro atoms. The number of hydrogen-bond acceptors (Lipinski definition) is 3. The molecule has 1 aromatic heterocycles. The normalized spacial score (nSPS) is 10.7. The third-order valence-corrected chi connectivity index (χ3v) is 2.27. The van der Waals surface area contributed by atoms with Crippen molar-refractivity contribution < 1.29 is 9.13 Å². The van der Waals surface area contributed by atoms with E-state index >= 15 is 0 Å². The molecule has 15 heavy (non-hydrogen) atoms. The van der Waals surface area contributed by atoms with Gasteiger partial charge in [0.05, 0.1) is 18.1 Å². The molecule has 0 bridgehead atoms. The Morgan fingerprint density at radius 3 is 2.47 bits per heavy atom. The van der Waals surface area contributed by atoms with E-state index in [0.29, 0.717) is 28.2 Å². The van der Waals surface area contributed by atoms with Crippen molar-refractivity contribution in [3.05, 3.63) is 29.2 Å². The second-order valence-corrected chi connectivity index (χ2v) is 3.41. The molecule has 1 aromatic carbocycles. The van der Waals surface area contributed by atoms with Crippen LogP contribution >= 0.6 is 0 Å². The molecule has 0 aliphatic heterocycles. The van der Waals surface area contributed by atoms with Gasteiger partial charge in [0.2, 0.25) is 5.88 Å². The molecule has 2 aromatic rings. The lowest BCUT2D eigenvalue weighted by molar-refractivity contribution is 0.394. The Morgan fingerprint density at radius 2 is 1.80 bits per heavy atom. The molecule has 0 aliphatic carbocycles. The molecule has 0 saturated carbocycles. The Bertz CT molecular complexity index is 525. The van der Waals surface area contributed by atoms with Gasteiger partial charge in [-0.2, -0.15) is 0 Å². The van der Waals surface area contributed by atoms with Crippen molar-refractivity contribution in [3.8, 4) is 5.88 Å². The highest BCUT2D eigenvalue weighted by molar-refractivity contribution is 5.76. The zero-order valence-electron chi connectivity index (χ0n) is 8.84. The van der Waals surface area contributed by atoms with Gasteiger partial charge in [-0.25, -0.2) is 14.4 Å². The maximum Gasteiger partial charge on any atom is 0.235 e. The number of benzene rings is 1. The monoisotopic (exact) mass is 206 g/mol. The summed E-state index contributed by atoms with van der Waals surface area (Å²) < 4.78 is 18.3. The predicted octanol–water partition coefficient (Wildman–Crippen LogP) is 2.39. The first-order valence-electron chi connectivity index (χ1n) is 4.60. The summed E-state index contributed by atoms with van der Waals surface area (Å²) in [5.41, 5.74) is 2.42. The van der Waals surface area contributed by atoms with E-state index in [0.717, 1.165) is 0 Å². The highest BCUT2D eigenvalue weighted by Crippen LogP contribution is 2.20. The lowest BCUT2D eigenvalue weighted by Gasteiger charge is -2.05. The molecule has 1 heterocycles. The Balaban J connectivity index is 2.76. The van der Waals surface area contributed by atoms with Crippen LogP contribution in [0.25, 0.3) is 11.0 Å². The number of halogens is 1. The van der Waals surface area contributed by atoms with E-state index in [-0.39, 0.29) is 5.82 Å². The van der Waals surface area contributed by atoms with Crippen LogP contribution in [-0.4, -0.2) is 17.1 Å². The molecule has 0 fully saturated rings. The zero-order chi connectivity index (χ0) is 11.0. The average molecular weight is 206 g/mol. The molecule has 4 heteroatoms. The van der Waals surface area contributed by atoms with Crippen molar-refractivity contribution in [2.24, 2.45) is 0 Å². The molecular weight excluding hydrogens is 195 g/mol. The van der Waals surface area contributed by atoms with Crippen LogP contribution in [0.5, 0.6) is 5.88 Å². The second-order valence-electron chi connectivity index (χ2n) is 3.41. The van der Waals surface area contributed by atoms with Gasteiger partial charge in [-0.15, -0.1) is 0 Å². The second kappa shape index (κ2) is 3.46. The minimum absolute atomic E-state index is 0.263. The van der Waals surface area contributed by atoms with E-state index in [1.807, 2.05) is 0 Å². The summed E-state index contributed by atoms with van der Waals surface area (Å²) in [7, 11) is 1.54. The van der Waals surface area contributed by atoms with Crippen LogP contribution in [0, 0.1) is 19.7 Å². The SMILES string of the molecule is COc1nc2cc(C)c(F)cc2nc1C. The van der Waals surface area contributed by atoms with Crippen molar-refractivity contribution in [3.63, 3.8) is 0 Å². The summed E-state index contributed by atoms with van der Waals surface area (Å²) >= 11 is 0. The summed E-state index contributed by atoms with van der Waals surface area (Å²) in [5.74, 6) is 0.217. The van der Waals surface area contributed by atoms with Crippen molar-refractivity contribution >= 4 is 11.0 Å². The maximum atomic E-state index is 13.3. The maximum absolute atomic E-state index is 13.3. The van der Waals surface area contributed by atoms with Gasteiger partial charge < -0.3 is 4.74 Å². The number of nitrogens with zero attached hydrogens (tertiary/aromatic N) is 2. The molecule has 0 atom stereocenters. The number of rotatable bonds is 1. The van der Waals surface area contributed by atoms with Crippen LogP contribution in [0.1, 0.15) is 11.3 Å². The van der Waals surface area contributed by atoms with E-state index in [1.54, 1.807) is 27.0 Å². The molecule has 0 aliphatic rings. The van der Waals surface area contributed by atoms with Crippen LogP contribution in [-0.2, 0) is 0 Å². The summed E-state index contributed by atoms with van der Waals surface area (Å²) in [6.07, 6.45) is 0. The van der Waals surface area contributed by atoms with Crippen molar-refractivity contribution in [1.82, 2.24) is 9.97 Å². The van der Waals surface area contributed by atoms with Crippen LogP contribution in [0.3, 0.4) is 0 Å². The van der Waals surface area contributed by atoms with E-state index < -0.39 is 0 Å². The van der Waals surface area contributed by atoms with Crippen molar-refractivity contribution in [2.75, 3.05) is 7.11 Å². The molecule has 0 N–H and O–H groups in total. The number of fused-ring (bicyclic) bond motifs is 1. The Hall–Kier alpha value is -1.71. The standard InChI is InChI=1S/C11H11FN2O/c1-6-4-9-10(5-8(6)12)13-7(2)11(14-9)15-3/h4-5H,1-3H3. The van der Waals surface area contributed by atoms with Gasteiger partial charge in [-0.05, 0) is 25.5 Å². The highest BCUT2D eigenvalue weighted by atomic mass is 19.1. The van der Waals surface area contributed by atoms with Gasteiger partial charge >= 0.3 is 0 Å². The van der Waals surface area contributed by atoms with Crippen LogP contribution in [0.4, 0.5) is 4.39 Å². The van der Waals surface area contributed by atoms with Gasteiger partial charge in [0, 0.05) is 6.07 Å². The summed E-state index contributed by atoms with van der Waals surface area (Å²) in [5, 5.41) is 0. The molecule has 2 rings (SSSR count). The van der Waals surface area contributed by atoms with Crippen LogP contribution in [0.15, 0.2) is 12.1 Å². The molecule has 0 radical (unpaired) electrons. The predicted molar refractivity (Wildman–Crippen MR) is 55.5 cm³/mol. The molecule has 0 unspecified atom stereocenters. The summed E-state index contributed by atoms with van der Waals surface area (Å²) in [6.45, 7) is 3.48. The van der Waals surface area contributed by atoms with Gasteiger partial charge in [0.1, 0.15) is 11.5 Å². The van der Waals surface area contributed by atoms with E-state index in [1.165, 1.54) is 6.07 Å². The Kier molecular flexibility index (Phi) is 2.26. The summed E-state index contributed by atoms with van der Waals surface area (Å²) in [6, 6.07) is 3.06. The molecule has 0 amide bonds. The third kappa shape index (κ3) is 1.63. The Morgan fingerprint density at radius 1 is 1.13 bits per heavy atom. The van der Waals surface area contributed by atoms with Crippen LogP contribution in [0.2, 0.25) is 0 Å². The Labute approximate surface area is 86.9 Å². The topological polar surface area (TPSA) is 35.0 Å². The molecule has 3 nitrogen and oxygen atoms in total. The molecule has 78 valence electrons. The number of hydrogen-bond donors (Lipinski definition) is 0. The number of aromatic nitrogens is 2. The fourth-order valence-electron chi connectivity index (χ4n) is 1.45. The average Bonchev–Trinajstić information content (AvgIpc) is 2.20. The van der Waals surface area contributed by atoms with Crippen molar-refractivity contribution in [2.45, 2.75) is 13.8 Å². The minimum atomic E-state index is -0.263. The van der Waals surface area contributed by atoms with Gasteiger partial charge in [-0.3, -0.25) is 0 Å². The first-order chi connectivity index (χ1) is 7.11. The summed E-state index contributed by atoms with van der Waals surface area (Å²) in [4.78, 5) is 8.46. The van der Waals surface area contributed by atoms with E-state index in [4.69, 9.17) is 4.74 Å². The highest BCUT2D eigenvalue weighted by Gasteiger charge is 2.07. The number of aryl methyl sites for hydroxylation is 2. The van der Waals surface area contributed by atoms with Gasteiger partial charge in [0.25, 0.3) is 0 Å². The fraction of sp³-hybridized carbons (Fsp3) is 0.273. The van der Waals surface area contributed by atoms with E-state index in [2.05, 4.69) is 9.97 Å². The van der Waals surface area contributed by atoms with E-state index in [9.17, 15) is 4.39 Å². The lowest BCUT2D eigenvalue weighted by atomic mass is 10.2. The van der Waals surface area contributed by atoms with Crippen LogP contribution < -0.4 is 4.74 Å². The molecule has 0 saturated heterocycles. The van der Waals surface area contributed by atoms with Gasteiger partial charge in [-0.1, -0.05) is 0 Å². The van der Waals surface area contributed by atoms with Gasteiger partial charge in [0.15, 0.2) is 0 Å². The van der Waals surface area contributed by atoms with Crippen molar-refractivity contribution in [1.29, 1.82) is 0 Å². The smallest absolute Gasteiger partial charge is 0.235 e. The quantitative estimate of drug-likeness (QED) is 0.718. The number of ether oxygens (including phenoxy) is 1. The minimum Gasteiger partial charge on any atom is -0.480 e. The zero-order valence-corrected chi connectivity index (χ0v) is 8.84. The first-order valence-corrected chi connectivity index (χ1v) is 4.60. The number of methoxy groups -OCH3 is 1.